The highest BCUT2D eigenvalue weighted by atomic mass is 19.4. The van der Waals surface area contributed by atoms with E-state index < -0.39 is 17.5 Å². The fourth-order valence-corrected chi connectivity index (χ4v) is 4.70. The van der Waals surface area contributed by atoms with Crippen molar-refractivity contribution in [3.63, 3.8) is 0 Å². The number of likely N-dealkylation sites (tertiary alicyclic amines) is 1. The first-order valence-corrected chi connectivity index (χ1v) is 10.5. The Morgan fingerprint density at radius 2 is 1.97 bits per heavy atom. The smallest absolute Gasteiger partial charge is 0.416 e. The number of piperidine rings is 1. The van der Waals surface area contributed by atoms with Crippen LogP contribution in [0.5, 0.6) is 5.75 Å². The second-order valence-electron chi connectivity index (χ2n) is 8.19. The summed E-state index contributed by atoms with van der Waals surface area (Å²) in [6, 6.07) is 3.41. The van der Waals surface area contributed by atoms with Crippen molar-refractivity contribution in [2.75, 3.05) is 31.1 Å². The maximum absolute atomic E-state index is 12.9. The van der Waals surface area contributed by atoms with E-state index in [2.05, 4.69) is 26.9 Å². The number of alkyl halides is 3. The standard InChI is InChI=1S/C22H27F3N4O/c1-3-28-10-4-6-16(13-28)29-11-5-7-17-14(2)20(26-27-21(17)29)18-9-8-15(12-19(18)30)22(23,24)25/h8-9,12,16,30H,3-7,10-11,13H2,1-2H3/t16-/m1/s1. The number of anilines is 1. The maximum atomic E-state index is 12.9. The largest absolute Gasteiger partial charge is 0.507 e. The number of fused-ring (bicyclic) bond motifs is 1. The molecule has 8 heteroatoms. The molecule has 1 fully saturated rings. The van der Waals surface area contributed by atoms with Gasteiger partial charge in [0.1, 0.15) is 5.75 Å². The third kappa shape index (κ3) is 3.85. The van der Waals surface area contributed by atoms with Gasteiger partial charge in [-0.25, -0.2) is 0 Å². The lowest BCUT2D eigenvalue weighted by Gasteiger charge is -2.42. The number of aromatic nitrogens is 2. The Bertz CT molecular complexity index is 931. The first kappa shape index (κ1) is 20.9. The van der Waals surface area contributed by atoms with Crippen molar-refractivity contribution in [2.45, 2.75) is 51.7 Å². The molecule has 162 valence electrons. The molecule has 2 aliphatic rings. The monoisotopic (exact) mass is 420 g/mol. The van der Waals surface area contributed by atoms with Gasteiger partial charge < -0.3 is 14.9 Å². The minimum atomic E-state index is -4.50. The van der Waals surface area contributed by atoms with Crippen LogP contribution < -0.4 is 4.90 Å². The van der Waals surface area contributed by atoms with E-state index in [0.29, 0.717) is 11.7 Å². The Morgan fingerprint density at radius 3 is 2.67 bits per heavy atom. The Labute approximate surface area is 174 Å². The van der Waals surface area contributed by atoms with Crippen LogP contribution in [-0.2, 0) is 12.6 Å². The Morgan fingerprint density at radius 1 is 1.17 bits per heavy atom. The van der Waals surface area contributed by atoms with Crippen molar-refractivity contribution in [1.29, 1.82) is 0 Å². The summed E-state index contributed by atoms with van der Waals surface area (Å²) in [5, 5.41) is 19.1. The lowest BCUT2D eigenvalue weighted by molar-refractivity contribution is -0.137. The van der Waals surface area contributed by atoms with Crippen LogP contribution in [0.3, 0.4) is 0 Å². The molecule has 0 radical (unpaired) electrons. The van der Waals surface area contributed by atoms with Crippen LogP contribution >= 0.6 is 0 Å². The molecule has 3 heterocycles. The summed E-state index contributed by atoms with van der Waals surface area (Å²) >= 11 is 0. The van der Waals surface area contributed by atoms with Gasteiger partial charge in [-0.3, -0.25) is 0 Å². The van der Waals surface area contributed by atoms with Crippen LogP contribution in [0.15, 0.2) is 18.2 Å². The number of hydrogen-bond donors (Lipinski definition) is 1. The predicted molar refractivity (Wildman–Crippen MR) is 110 cm³/mol. The van der Waals surface area contributed by atoms with Crippen molar-refractivity contribution in [2.24, 2.45) is 0 Å². The first-order valence-electron chi connectivity index (χ1n) is 10.5. The molecule has 1 aromatic heterocycles. The van der Waals surface area contributed by atoms with Gasteiger partial charge in [0, 0.05) is 30.3 Å². The average Bonchev–Trinajstić information content (AvgIpc) is 2.73. The summed E-state index contributed by atoms with van der Waals surface area (Å²) < 4.78 is 38.8. The number of halogens is 3. The minimum absolute atomic E-state index is 0.280. The molecule has 5 nitrogen and oxygen atoms in total. The average molecular weight is 420 g/mol. The molecule has 1 N–H and O–H groups in total. The van der Waals surface area contributed by atoms with Gasteiger partial charge in [-0.2, -0.15) is 13.2 Å². The van der Waals surface area contributed by atoms with Crippen molar-refractivity contribution in [3.8, 4) is 17.0 Å². The van der Waals surface area contributed by atoms with Gasteiger partial charge in [0.2, 0.25) is 0 Å². The van der Waals surface area contributed by atoms with Crippen LogP contribution in [0.4, 0.5) is 19.0 Å². The van der Waals surface area contributed by atoms with Crippen molar-refractivity contribution in [1.82, 2.24) is 15.1 Å². The lowest BCUT2D eigenvalue weighted by Crippen LogP contribution is -2.50. The SMILES string of the molecule is CCN1CCC[C@@H](N2CCCc3c2nnc(-c2ccc(C(F)(F)F)cc2O)c3C)C1. The van der Waals surface area contributed by atoms with Gasteiger partial charge in [-0.05, 0) is 69.5 Å². The molecule has 0 unspecified atom stereocenters. The molecule has 0 bridgehead atoms. The van der Waals surface area contributed by atoms with Gasteiger partial charge in [0.15, 0.2) is 5.82 Å². The van der Waals surface area contributed by atoms with E-state index in [-0.39, 0.29) is 5.56 Å². The molecule has 1 atom stereocenters. The topological polar surface area (TPSA) is 52.5 Å². The highest BCUT2D eigenvalue weighted by Gasteiger charge is 2.33. The van der Waals surface area contributed by atoms with E-state index in [1.807, 2.05) is 6.92 Å². The number of rotatable bonds is 3. The fourth-order valence-electron chi connectivity index (χ4n) is 4.70. The van der Waals surface area contributed by atoms with E-state index in [9.17, 15) is 18.3 Å². The minimum Gasteiger partial charge on any atom is -0.507 e. The molecular formula is C22H27F3N4O. The summed E-state index contributed by atoms with van der Waals surface area (Å²) in [7, 11) is 0. The van der Waals surface area contributed by atoms with E-state index in [0.717, 1.165) is 80.9 Å². The molecule has 1 saturated heterocycles. The Balaban J connectivity index is 1.68. The molecule has 0 spiro atoms. The van der Waals surface area contributed by atoms with Crippen molar-refractivity contribution < 1.29 is 18.3 Å². The summed E-state index contributed by atoms with van der Waals surface area (Å²) in [5.74, 6) is 0.456. The van der Waals surface area contributed by atoms with Crippen LogP contribution in [-0.4, -0.2) is 52.4 Å². The summed E-state index contributed by atoms with van der Waals surface area (Å²) in [6.45, 7) is 8.22. The van der Waals surface area contributed by atoms with E-state index in [4.69, 9.17) is 0 Å². The molecule has 0 aliphatic carbocycles. The van der Waals surface area contributed by atoms with Crippen molar-refractivity contribution >= 4 is 5.82 Å². The van der Waals surface area contributed by atoms with Gasteiger partial charge in [0.05, 0.1) is 11.3 Å². The number of hydrogen-bond acceptors (Lipinski definition) is 5. The molecule has 30 heavy (non-hydrogen) atoms. The van der Waals surface area contributed by atoms with Gasteiger partial charge in [-0.1, -0.05) is 6.92 Å². The zero-order chi connectivity index (χ0) is 21.5. The first-order chi connectivity index (χ1) is 14.3. The van der Waals surface area contributed by atoms with E-state index >= 15 is 0 Å². The second kappa shape index (κ2) is 8.06. The highest BCUT2D eigenvalue weighted by Crippen LogP contribution is 2.39. The van der Waals surface area contributed by atoms with Gasteiger partial charge in [-0.15, -0.1) is 10.2 Å². The molecule has 1 aromatic carbocycles. The second-order valence-corrected chi connectivity index (χ2v) is 8.19. The third-order valence-electron chi connectivity index (χ3n) is 6.37. The third-order valence-corrected chi connectivity index (χ3v) is 6.37. The van der Waals surface area contributed by atoms with Crippen LogP contribution in [0, 0.1) is 6.92 Å². The van der Waals surface area contributed by atoms with Gasteiger partial charge in [0.25, 0.3) is 0 Å². The maximum Gasteiger partial charge on any atom is 0.416 e. The predicted octanol–water partition coefficient (Wildman–Crippen LogP) is 4.41. The van der Waals surface area contributed by atoms with Crippen LogP contribution in [0.25, 0.3) is 11.3 Å². The molecule has 0 amide bonds. The van der Waals surface area contributed by atoms with Crippen molar-refractivity contribution in [3.05, 3.63) is 34.9 Å². The van der Waals surface area contributed by atoms with Crippen LogP contribution in [0.1, 0.15) is 42.9 Å². The molecule has 0 saturated carbocycles. The molecule has 2 aliphatic heterocycles. The summed E-state index contributed by atoms with van der Waals surface area (Å²) in [6.07, 6.45) is -0.363. The summed E-state index contributed by atoms with van der Waals surface area (Å²) in [4.78, 5) is 4.81. The quantitative estimate of drug-likeness (QED) is 0.797. The number of phenols is 1. The van der Waals surface area contributed by atoms with Gasteiger partial charge >= 0.3 is 6.18 Å². The molecule has 2 aromatic rings. The lowest BCUT2D eigenvalue weighted by atomic mass is 9.94. The zero-order valence-corrected chi connectivity index (χ0v) is 17.3. The van der Waals surface area contributed by atoms with E-state index in [1.54, 1.807) is 0 Å². The normalized spacial score (nSPS) is 20.3. The number of likely N-dealkylation sites (N-methyl/N-ethyl adjacent to an activating group) is 1. The number of phenolic OH excluding ortho intramolecular Hbond substituents is 1. The number of nitrogens with zero attached hydrogens (tertiary/aromatic N) is 4. The molecule has 4 rings (SSSR count). The zero-order valence-electron chi connectivity index (χ0n) is 17.3. The fraction of sp³-hybridized carbons (Fsp3) is 0.545. The highest BCUT2D eigenvalue weighted by molar-refractivity contribution is 5.73. The summed E-state index contributed by atoms with van der Waals surface area (Å²) in [5.41, 5.74) is 1.81. The Hall–Kier alpha value is -2.35. The number of aromatic hydroxyl groups is 1. The number of benzene rings is 1. The Kier molecular flexibility index (Phi) is 5.61. The molecular weight excluding hydrogens is 393 g/mol. The van der Waals surface area contributed by atoms with Crippen LogP contribution in [0.2, 0.25) is 0 Å². The van der Waals surface area contributed by atoms with E-state index in [1.165, 1.54) is 6.07 Å².